The highest BCUT2D eigenvalue weighted by molar-refractivity contribution is 7.81. The molecule has 0 amide bonds. The first-order valence-electron chi connectivity index (χ1n) is 4.62. The summed E-state index contributed by atoms with van der Waals surface area (Å²) in [6.45, 7) is 9.03. The van der Waals surface area contributed by atoms with Crippen molar-refractivity contribution in [1.82, 2.24) is 0 Å². The molecule has 0 radical (unpaired) electrons. The molecule has 0 fully saturated rings. The Morgan fingerprint density at radius 1 is 1.00 bits per heavy atom. The average Bonchev–Trinajstić information content (AvgIpc) is 2.13. The maximum atomic E-state index is 9.90. The summed E-state index contributed by atoms with van der Waals surface area (Å²) in [5.41, 5.74) is 0. The van der Waals surface area contributed by atoms with Gasteiger partial charge in [-0.3, -0.25) is 9.11 Å². The van der Waals surface area contributed by atoms with Crippen molar-refractivity contribution in [3.05, 3.63) is 25.3 Å². The molecular formula is C8H16O9S2. The lowest BCUT2D eigenvalue weighted by Gasteiger charge is -2.06. The van der Waals surface area contributed by atoms with Gasteiger partial charge in [0.05, 0.1) is 13.2 Å². The van der Waals surface area contributed by atoms with Gasteiger partial charge in [0.2, 0.25) is 0 Å². The predicted octanol–water partition coefficient (Wildman–Crippen LogP) is 0.346. The Morgan fingerprint density at radius 2 is 1.32 bits per heavy atom. The van der Waals surface area contributed by atoms with Crippen LogP contribution in [0.25, 0.3) is 0 Å². The fourth-order valence-electron chi connectivity index (χ4n) is 0.593. The van der Waals surface area contributed by atoms with E-state index in [9.17, 15) is 16.8 Å². The first-order chi connectivity index (χ1) is 8.52. The van der Waals surface area contributed by atoms with E-state index in [0.29, 0.717) is 13.2 Å². The summed E-state index contributed by atoms with van der Waals surface area (Å²) in [6, 6.07) is 0. The molecule has 0 unspecified atom stereocenters. The minimum absolute atomic E-state index is 0.617. The molecule has 0 aromatic carbocycles. The first kappa shape index (κ1) is 20.5. The lowest BCUT2D eigenvalue weighted by atomic mass is 10.6. The van der Waals surface area contributed by atoms with E-state index >= 15 is 0 Å². The van der Waals surface area contributed by atoms with E-state index in [-0.39, 0.29) is 0 Å². The maximum absolute atomic E-state index is 9.90. The van der Waals surface area contributed by atoms with Crippen LogP contribution in [0.4, 0.5) is 0 Å². The molecule has 114 valence electrons. The molecule has 2 N–H and O–H groups in total. The topological polar surface area (TPSA) is 136 Å². The smallest absolute Gasteiger partial charge is 0.373 e. The zero-order chi connectivity index (χ0) is 15.5. The second-order valence-corrected chi connectivity index (χ2v) is 4.83. The van der Waals surface area contributed by atoms with Crippen LogP contribution in [0.5, 0.6) is 0 Å². The molecule has 0 saturated heterocycles. The van der Waals surface area contributed by atoms with Gasteiger partial charge in [0.1, 0.15) is 0 Å². The van der Waals surface area contributed by atoms with E-state index in [0.717, 1.165) is 6.92 Å². The fraction of sp³-hybridized carbons (Fsp3) is 0.500. The third-order valence-corrected chi connectivity index (χ3v) is 2.01. The quantitative estimate of drug-likeness (QED) is 0.281. The van der Waals surface area contributed by atoms with Gasteiger partial charge < -0.3 is 4.74 Å². The zero-order valence-corrected chi connectivity index (χ0v) is 11.8. The van der Waals surface area contributed by atoms with E-state index in [1.807, 2.05) is 0 Å². The summed E-state index contributed by atoms with van der Waals surface area (Å²) >= 11 is 0. The Hall–Kier alpha value is -0.820. The summed E-state index contributed by atoms with van der Waals surface area (Å²) < 4.78 is 67.6. The van der Waals surface area contributed by atoms with E-state index in [2.05, 4.69) is 21.5 Å². The second-order valence-electron chi connectivity index (χ2n) is 2.73. The van der Waals surface area contributed by atoms with Gasteiger partial charge in [-0.25, -0.2) is 8.37 Å². The summed E-state index contributed by atoms with van der Waals surface area (Å²) in [5.74, 6) is 0. The third kappa shape index (κ3) is 22.8. The first-order valence-corrected chi connectivity index (χ1v) is 7.35. The third-order valence-electron chi connectivity index (χ3n) is 0.986. The average molecular weight is 320 g/mol. The standard InChI is InChI=1S/C6H10O.C2H6O8S2/c1-3-5-7-6-4-2;1-2(9-11(3,4)5)10-12(6,7)8/h3-4H,1-2,5-6H2;2H,1H3,(H,3,4,5)(H,6,7,8). The molecular weight excluding hydrogens is 304 g/mol. The minimum atomic E-state index is -4.80. The molecule has 0 saturated carbocycles. The van der Waals surface area contributed by atoms with Gasteiger partial charge in [-0.1, -0.05) is 12.2 Å². The highest BCUT2D eigenvalue weighted by Gasteiger charge is 2.18. The highest BCUT2D eigenvalue weighted by Crippen LogP contribution is 2.01. The molecule has 0 heterocycles. The molecule has 0 bridgehead atoms. The molecule has 0 aromatic rings. The summed E-state index contributed by atoms with van der Waals surface area (Å²) in [5, 5.41) is 0. The van der Waals surface area contributed by atoms with Gasteiger partial charge in [0.15, 0.2) is 6.29 Å². The van der Waals surface area contributed by atoms with Gasteiger partial charge >= 0.3 is 20.8 Å². The normalized spacial score (nSPS) is 11.6. The monoisotopic (exact) mass is 320 g/mol. The molecule has 0 aliphatic carbocycles. The molecule has 0 atom stereocenters. The molecule has 0 aliphatic rings. The number of ether oxygens (including phenoxy) is 1. The van der Waals surface area contributed by atoms with Crippen molar-refractivity contribution in [2.75, 3.05) is 13.2 Å². The zero-order valence-electron chi connectivity index (χ0n) is 10.1. The number of hydrogen-bond donors (Lipinski definition) is 2. The number of hydrogen-bond acceptors (Lipinski definition) is 7. The molecule has 0 rings (SSSR count). The van der Waals surface area contributed by atoms with Crippen molar-refractivity contribution in [3.63, 3.8) is 0 Å². The molecule has 11 heteroatoms. The van der Waals surface area contributed by atoms with Crippen LogP contribution >= 0.6 is 0 Å². The van der Waals surface area contributed by atoms with Gasteiger partial charge in [-0.05, 0) is 6.92 Å². The van der Waals surface area contributed by atoms with E-state index in [1.165, 1.54) is 0 Å². The van der Waals surface area contributed by atoms with Gasteiger partial charge in [-0.15, -0.1) is 13.2 Å². The molecule has 0 aliphatic heterocycles. The van der Waals surface area contributed by atoms with Crippen molar-refractivity contribution < 1.29 is 39.0 Å². The highest BCUT2D eigenvalue weighted by atomic mass is 32.3. The maximum Gasteiger partial charge on any atom is 0.399 e. The van der Waals surface area contributed by atoms with E-state index in [4.69, 9.17) is 13.8 Å². The van der Waals surface area contributed by atoms with Crippen LogP contribution in [-0.4, -0.2) is 45.4 Å². The van der Waals surface area contributed by atoms with Crippen LogP contribution in [0.1, 0.15) is 6.92 Å². The molecule has 9 nitrogen and oxygen atoms in total. The van der Waals surface area contributed by atoms with Crippen molar-refractivity contribution in [2.45, 2.75) is 13.2 Å². The minimum Gasteiger partial charge on any atom is -0.373 e. The van der Waals surface area contributed by atoms with Gasteiger partial charge in [0, 0.05) is 0 Å². The Labute approximate surface area is 112 Å². The lowest BCUT2D eigenvalue weighted by molar-refractivity contribution is 0.0158. The largest absolute Gasteiger partial charge is 0.399 e. The van der Waals surface area contributed by atoms with Crippen LogP contribution in [0, 0.1) is 0 Å². The predicted molar refractivity (Wildman–Crippen MR) is 65.9 cm³/mol. The summed E-state index contributed by atoms with van der Waals surface area (Å²) in [6.07, 6.45) is 1.60. The van der Waals surface area contributed by atoms with Crippen LogP contribution < -0.4 is 0 Å². The Morgan fingerprint density at radius 3 is 1.53 bits per heavy atom. The second kappa shape index (κ2) is 10.0. The van der Waals surface area contributed by atoms with Gasteiger partial charge in [-0.2, -0.15) is 16.8 Å². The molecule has 0 spiro atoms. The van der Waals surface area contributed by atoms with E-state index < -0.39 is 27.1 Å². The van der Waals surface area contributed by atoms with Crippen molar-refractivity contribution >= 4 is 20.8 Å². The van der Waals surface area contributed by atoms with Crippen LogP contribution in [-0.2, 0) is 33.9 Å². The van der Waals surface area contributed by atoms with E-state index in [1.54, 1.807) is 12.2 Å². The van der Waals surface area contributed by atoms with Crippen LogP contribution in [0.3, 0.4) is 0 Å². The summed E-state index contributed by atoms with van der Waals surface area (Å²) in [4.78, 5) is 0. The lowest BCUT2D eigenvalue weighted by Crippen LogP contribution is -2.21. The number of rotatable bonds is 8. The Kier molecular flexibility index (Phi) is 10.8. The molecule has 0 aromatic heterocycles. The van der Waals surface area contributed by atoms with Crippen molar-refractivity contribution in [1.29, 1.82) is 0 Å². The van der Waals surface area contributed by atoms with Crippen molar-refractivity contribution in [2.24, 2.45) is 0 Å². The Bertz CT molecular complexity index is 409. The summed E-state index contributed by atoms with van der Waals surface area (Å²) in [7, 11) is -9.59. The SMILES string of the molecule is C=CCOCC=C.CC(OS(=O)(=O)O)OS(=O)(=O)O. The van der Waals surface area contributed by atoms with Crippen LogP contribution in [0.15, 0.2) is 25.3 Å². The molecule has 19 heavy (non-hydrogen) atoms. The van der Waals surface area contributed by atoms with Crippen molar-refractivity contribution in [3.8, 4) is 0 Å². The van der Waals surface area contributed by atoms with Crippen LogP contribution in [0.2, 0.25) is 0 Å². The fourth-order valence-corrected chi connectivity index (χ4v) is 1.41. The Balaban J connectivity index is 0. The van der Waals surface area contributed by atoms with Gasteiger partial charge in [0.25, 0.3) is 0 Å².